The summed E-state index contributed by atoms with van der Waals surface area (Å²) in [5.41, 5.74) is 2.17. The maximum absolute atomic E-state index is 12.1. The van der Waals surface area contributed by atoms with Gasteiger partial charge < -0.3 is 4.74 Å². The zero-order valence-corrected chi connectivity index (χ0v) is 13.2. The van der Waals surface area contributed by atoms with Gasteiger partial charge in [-0.05, 0) is 57.6 Å². The highest BCUT2D eigenvalue weighted by molar-refractivity contribution is 5.93. The second-order valence-corrected chi connectivity index (χ2v) is 6.07. The highest BCUT2D eigenvalue weighted by atomic mass is 16.5. The predicted octanol–water partition coefficient (Wildman–Crippen LogP) is 3.84. The average Bonchev–Trinajstić information content (AvgIpc) is 2.31. The van der Waals surface area contributed by atoms with Gasteiger partial charge in [0.1, 0.15) is 6.10 Å². The third-order valence-electron chi connectivity index (χ3n) is 3.88. The first-order chi connectivity index (χ1) is 9.31. The summed E-state index contributed by atoms with van der Waals surface area (Å²) in [6.07, 6.45) is 6.22. The number of carbonyl (C=O) groups is 2. The SMILES string of the molecule is CC(=O)OC1CC([C@H](C)CCC=C(C)C)C(=O)C=C1C. The van der Waals surface area contributed by atoms with Gasteiger partial charge in [0, 0.05) is 12.8 Å². The highest BCUT2D eigenvalue weighted by Gasteiger charge is 2.32. The van der Waals surface area contributed by atoms with Gasteiger partial charge in [-0.2, -0.15) is 0 Å². The van der Waals surface area contributed by atoms with E-state index in [1.807, 2.05) is 6.92 Å². The van der Waals surface area contributed by atoms with E-state index in [2.05, 4.69) is 26.8 Å². The molecule has 0 radical (unpaired) electrons. The minimum atomic E-state index is -0.284. The molecule has 0 amide bonds. The number of ketones is 1. The van der Waals surface area contributed by atoms with Crippen molar-refractivity contribution in [2.45, 2.75) is 60.0 Å². The molecule has 112 valence electrons. The minimum absolute atomic E-state index is 0.0337. The van der Waals surface area contributed by atoms with E-state index in [9.17, 15) is 9.59 Å². The van der Waals surface area contributed by atoms with Crippen molar-refractivity contribution in [2.75, 3.05) is 0 Å². The molecule has 3 nitrogen and oxygen atoms in total. The summed E-state index contributed by atoms with van der Waals surface area (Å²) in [5.74, 6) is 0.165. The number of ether oxygens (including phenoxy) is 1. The van der Waals surface area contributed by atoms with Gasteiger partial charge in [0.25, 0.3) is 0 Å². The number of allylic oxidation sites excluding steroid dienone is 3. The number of hydrogen-bond acceptors (Lipinski definition) is 3. The van der Waals surface area contributed by atoms with Crippen molar-refractivity contribution >= 4 is 11.8 Å². The van der Waals surface area contributed by atoms with Crippen LogP contribution in [0.2, 0.25) is 0 Å². The van der Waals surface area contributed by atoms with Gasteiger partial charge in [0.05, 0.1) is 0 Å². The Labute approximate surface area is 122 Å². The Morgan fingerprint density at radius 3 is 2.65 bits per heavy atom. The van der Waals surface area contributed by atoms with E-state index in [4.69, 9.17) is 4.74 Å². The van der Waals surface area contributed by atoms with E-state index < -0.39 is 0 Å². The van der Waals surface area contributed by atoms with Crippen molar-refractivity contribution in [1.82, 2.24) is 0 Å². The molecule has 2 unspecified atom stereocenters. The summed E-state index contributed by atoms with van der Waals surface area (Å²) in [5, 5.41) is 0. The predicted molar refractivity (Wildman–Crippen MR) is 80.3 cm³/mol. The molecule has 1 rings (SSSR count). The summed E-state index contributed by atoms with van der Waals surface area (Å²) < 4.78 is 5.30. The summed E-state index contributed by atoms with van der Waals surface area (Å²) in [6.45, 7) is 9.55. The Hall–Kier alpha value is -1.38. The third kappa shape index (κ3) is 4.95. The summed E-state index contributed by atoms with van der Waals surface area (Å²) in [7, 11) is 0. The van der Waals surface area contributed by atoms with Crippen LogP contribution < -0.4 is 0 Å². The van der Waals surface area contributed by atoms with E-state index in [0.717, 1.165) is 18.4 Å². The van der Waals surface area contributed by atoms with E-state index in [1.54, 1.807) is 6.08 Å². The number of hydrogen-bond donors (Lipinski definition) is 0. The fourth-order valence-corrected chi connectivity index (χ4v) is 2.65. The molecular weight excluding hydrogens is 252 g/mol. The molecule has 0 aromatic heterocycles. The van der Waals surface area contributed by atoms with Gasteiger partial charge >= 0.3 is 5.97 Å². The van der Waals surface area contributed by atoms with Gasteiger partial charge in [-0.25, -0.2) is 0 Å². The lowest BCUT2D eigenvalue weighted by Crippen LogP contribution is -2.33. The lowest BCUT2D eigenvalue weighted by atomic mass is 9.77. The molecule has 0 aromatic carbocycles. The number of carbonyl (C=O) groups excluding carboxylic acids is 2. The monoisotopic (exact) mass is 278 g/mol. The smallest absolute Gasteiger partial charge is 0.303 e. The van der Waals surface area contributed by atoms with Crippen molar-refractivity contribution in [2.24, 2.45) is 11.8 Å². The molecule has 0 saturated carbocycles. The standard InChI is InChI=1S/C17H26O3/c1-11(2)7-6-8-12(3)15-10-17(20-14(5)18)13(4)9-16(15)19/h7,9,12,15,17H,6,8,10H2,1-5H3/t12-,15?,17?/m1/s1. The second kappa shape index (κ2) is 7.41. The van der Waals surface area contributed by atoms with Crippen LogP contribution in [0.15, 0.2) is 23.3 Å². The lowest BCUT2D eigenvalue weighted by molar-refractivity contribution is -0.147. The lowest BCUT2D eigenvalue weighted by Gasteiger charge is -2.30. The van der Waals surface area contributed by atoms with Gasteiger partial charge in [0.2, 0.25) is 0 Å². The molecule has 0 saturated heterocycles. The number of esters is 1. The minimum Gasteiger partial charge on any atom is -0.458 e. The largest absolute Gasteiger partial charge is 0.458 e. The second-order valence-electron chi connectivity index (χ2n) is 6.07. The van der Waals surface area contributed by atoms with Crippen molar-refractivity contribution in [1.29, 1.82) is 0 Å². The van der Waals surface area contributed by atoms with Crippen molar-refractivity contribution in [3.05, 3.63) is 23.3 Å². The fourth-order valence-electron chi connectivity index (χ4n) is 2.65. The highest BCUT2D eigenvalue weighted by Crippen LogP contribution is 2.31. The van der Waals surface area contributed by atoms with Crippen LogP contribution in [0.1, 0.15) is 53.9 Å². The van der Waals surface area contributed by atoms with Gasteiger partial charge in [-0.1, -0.05) is 18.6 Å². The van der Waals surface area contributed by atoms with E-state index in [0.29, 0.717) is 12.3 Å². The normalized spacial score (nSPS) is 23.9. The number of rotatable bonds is 5. The van der Waals surface area contributed by atoms with Crippen LogP contribution in [-0.2, 0) is 14.3 Å². The molecule has 0 N–H and O–H groups in total. The van der Waals surface area contributed by atoms with E-state index in [1.165, 1.54) is 12.5 Å². The van der Waals surface area contributed by atoms with Crippen molar-refractivity contribution in [3.63, 3.8) is 0 Å². The van der Waals surface area contributed by atoms with Crippen LogP contribution in [0.5, 0.6) is 0 Å². The summed E-state index contributed by atoms with van der Waals surface area (Å²) in [4.78, 5) is 23.3. The van der Waals surface area contributed by atoms with Gasteiger partial charge in [0.15, 0.2) is 5.78 Å². The molecule has 1 aliphatic rings. The molecule has 3 atom stereocenters. The summed E-state index contributed by atoms with van der Waals surface area (Å²) in [6, 6.07) is 0. The van der Waals surface area contributed by atoms with Crippen LogP contribution in [0, 0.1) is 11.8 Å². The van der Waals surface area contributed by atoms with Crippen LogP contribution >= 0.6 is 0 Å². The Morgan fingerprint density at radius 1 is 1.45 bits per heavy atom. The molecule has 1 aliphatic carbocycles. The van der Waals surface area contributed by atoms with Crippen molar-refractivity contribution < 1.29 is 14.3 Å². The summed E-state index contributed by atoms with van der Waals surface area (Å²) >= 11 is 0. The molecule has 0 aromatic rings. The first kappa shape index (κ1) is 16.7. The van der Waals surface area contributed by atoms with Crippen molar-refractivity contribution in [3.8, 4) is 0 Å². The molecule has 0 bridgehead atoms. The molecule has 0 heterocycles. The Balaban J connectivity index is 2.67. The molecule has 3 heteroatoms. The Bertz CT molecular complexity index is 428. The zero-order valence-electron chi connectivity index (χ0n) is 13.2. The van der Waals surface area contributed by atoms with Crippen LogP contribution in [0.3, 0.4) is 0 Å². The average molecular weight is 278 g/mol. The quantitative estimate of drug-likeness (QED) is 0.567. The Morgan fingerprint density at radius 2 is 2.10 bits per heavy atom. The molecule has 0 spiro atoms. The van der Waals surface area contributed by atoms with Gasteiger partial charge in [-0.3, -0.25) is 9.59 Å². The zero-order chi connectivity index (χ0) is 15.3. The van der Waals surface area contributed by atoms with Gasteiger partial charge in [-0.15, -0.1) is 0 Å². The maximum Gasteiger partial charge on any atom is 0.303 e. The van der Waals surface area contributed by atoms with Crippen LogP contribution in [-0.4, -0.2) is 17.9 Å². The molecule has 0 fully saturated rings. The van der Waals surface area contributed by atoms with Crippen LogP contribution in [0.4, 0.5) is 0 Å². The molecule has 20 heavy (non-hydrogen) atoms. The molecular formula is C17H26O3. The first-order valence-corrected chi connectivity index (χ1v) is 7.34. The Kier molecular flexibility index (Phi) is 6.18. The molecule has 0 aliphatic heterocycles. The topological polar surface area (TPSA) is 43.4 Å². The maximum atomic E-state index is 12.1. The first-order valence-electron chi connectivity index (χ1n) is 7.34. The van der Waals surface area contributed by atoms with Crippen LogP contribution in [0.25, 0.3) is 0 Å². The third-order valence-corrected chi connectivity index (χ3v) is 3.88. The van der Waals surface area contributed by atoms with E-state index in [-0.39, 0.29) is 23.8 Å². The van der Waals surface area contributed by atoms with E-state index >= 15 is 0 Å². The fraction of sp³-hybridized carbons (Fsp3) is 0.647.